The smallest absolute Gasteiger partial charge is 0.307 e. The van der Waals surface area contributed by atoms with Crippen molar-refractivity contribution in [2.45, 2.75) is 39.7 Å². The predicted octanol–water partition coefficient (Wildman–Crippen LogP) is 2.09. The quantitative estimate of drug-likeness (QED) is 0.745. The summed E-state index contributed by atoms with van der Waals surface area (Å²) in [6.45, 7) is 5.80. The van der Waals surface area contributed by atoms with Gasteiger partial charge in [0.05, 0.1) is 12.5 Å². The Labute approximate surface area is 125 Å². The summed E-state index contributed by atoms with van der Waals surface area (Å²) in [6.07, 6.45) is 0.871. The fraction of sp³-hybridized carbons (Fsp3) is 0.500. The van der Waals surface area contributed by atoms with Crippen LogP contribution in [0.1, 0.15) is 32.8 Å². The molecular formula is C16H23NO4. The summed E-state index contributed by atoms with van der Waals surface area (Å²) in [5, 5.41) is 2.63. The number of benzene rings is 1. The number of carbonyl (C=O) groups is 2. The molecule has 0 radical (unpaired) electrons. The predicted molar refractivity (Wildman–Crippen MR) is 80.2 cm³/mol. The number of hydrogen-bond donors (Lipinski definition) is 1. The van der Waals surface area contributed by atoms with Gasteiger partial charge >= 0.3 is 5.97 Å². The second kappa shape index (κ2) is 9.00. The van der Waals surface area contributed by atoms with Crippen LogP contribution in [0.3, 0.4) is 0 Å². The summed E-state index contributed by atoms with van der Waals surface area (Å²) in [4.78, 5) is 22.9. The van der Waals surface area contributed by atoms with Gasteiger partial charge in [-0.3, -0.25) is 9.59 Å². The Balaban J connectivity index is 2.27. The van der Waals surface area contributed by atoms with Crippen LogP contribution in [-0.2, 0) is 20.7 Å². The van der Waals surface area contributed by atoms with Crippen molar-refractivity contribution in [3.05, 3.63) is 29.8 Å². The van der Waals surface area contributed by atoms with Crippen molar-refractivity contribution in [3.8, 4) is 5.75 Å². The molecule has 0 heterocycles. The highest BCUT2D eigenvalue weighted by molar-refractivity contribution is 5.78. The van der Waals surface area contributed by atoms with Crippen molar-refractivity contribution in [3.63, 3.8) is 0 Å². The first kappa shape index (κ1) is 17.0. The fourth-order valence-corrected chi connectivity index (χ4v) is 1.76. The highest BCUT2D eigenvalue weighted by Gasteiger charge is 2.08. The Morgan fingerprint density at radius 2 is 1.95 bits per heavy atom. The van der Waals surface area contributed by atoms with E-state index in [1.54, 1.807) is 13.8 Å². The molecule has 0 aliphatic rings. The minimum atomic E-state index is -0.317. The molecule has 116 valence electrons. The maximum atomic E-state index is 11.6. The van der Waals surface area contributed by atoms with E-state index in [0.717, 1.165) is 17.7 Å². The lowest BCUT2D eigenvalue weighted by Gasteiger charge is -2.11. The van der Waals surface area contributed by atoms with Crippen LogP contribution in [0.25, 0.3) is 0 Å². The summed E-state index contributed by atoms with van der Waals surface area (Å²) in [5.41, 5.74) is 1.06. The molecule has 1 N–H and O–H groups in total. The number of ether oxygens (including phenoxy) is 2. The van der Waals surface area contributed by atoms with Crippen LogP contribution in [0.2, 0.25) is 0 Å². The Bertz CT molecular complexity index is 471. The Hall–Kier alpha value is -2.04. The molecule has 0 aliphatic carbocycles. The van der Waals surface area contributed by atoms with E-state index in [1.807, 2.05) is 31.2 Å². The number of carbonyl (C=O) groups excluding carboxylic acids is 2. The lowest BCUT2D eigenvalue weighted by atomic mass is 10.1. The molecule has 0 aromatic heterocycles. The zero-order valence-corrected chi connectivity index (χ0v) is 12.8. The van der Waals surface area contributed by atoms with Crippen LogP contribution < -0.4 is 10.1 Å². The van der Waals surface area contributed by atoms with Gasteiger partial charge in [0.25, 0.3) is 5.91 Å². The van der Waals surface area contributed by atoms with E-state index in [4.69, 9.17) is 9.47 Å². The van der Waals surface area contributed by atoms with Gasteiger partial charge in [-0.05, 0) is 31.9 Å². The molecule has 1 rings (SSSR count). The zero-order valence-electron chi connectivity index (χ0n) is 12.8. The molecule has 5 heteroatoms. The number of para-hydroxylation sites is 1. The molecule has 21 heavy (non-hydrogen) atoms. The standard InChI is InChI=1S/C16H23NO4/c1-4-13-7-5-6-8-14(13)20-11-15(18)17-10-9-16(19)21-12(2)3/h5-8,12H,4,9-11H2,1-3H3,(H,17,18). The first-order valence-electron chi connectivity index (χ1n) is 7.19. The van der Waals surface area contributed by atoms with E-state index in [-0.39, 0.29) is 37.6 Å². The molecular weight excluding hydrogens is 270 g/mol. The van der Waals surface area contributed by atoms with E-state index >= 15 is 0 Å². The summed E-state index contributed by atoms with van der Waals surface area (Å²) in [6, 6.07) is 7.61. The third-order valence-corrected chi connectivity index (χ3v) is 2.73. The first-order chi connectivity index (χ1) is 10.0. The third kappa shape index (κ3) is 6.79. The van der Waals surface area contributed by atoms with Gasteiger partial charge in [-0.25, -0.2) is 0 Å². The third-order valence-electron chi connectivity index (χ3n) is 2.73. The van der Waals surface area contributed by atoms with Crippen LogP contribution >= 0.6 is 0 Å². The van der Waals surface area contributed by atoms with Gasteiger partial charge in [-0.1, -0.05) is 25.1 Å². The second-order valence-corrected chi connectivity index (χ2v) is 4.89. The van der Waals surface area contributed by atoms with E-state index < -0.39 is 0 Å². The van der Waals surface area contributed by atoms with Crippen LogP contribution in [0.15, 0.2) is 24.3 Å². The number of nitrogens with one attached hydrogen (secondary N) is 1. The highest BCUT2D eigenvalue weighted by Crippen LogP contribution is 2.17. The van der Waals surface area contributed by atoms with Crippen LogP contribution in [0.5, 0.6) is 5.75 Å². The van der Waals surface area contributed by atoms with E-state index in [9.17, 15) is 9.59 Å². The molecule has 0 fully saturated rings. The largest absolute Gasteiger partial charge is 0.483 e. The molecule has 0 atom stereocenters. The molecule has 0 saturated carbocycles. The molecule has 0 spiro atoms. The van der Waals surface area contributed by atoms with Crippen molar-refractivity contribution in [1.29, 1.82) is 0 Å². The first-order valence-corrected chi connectivity index (χ1v) is 7.19. The number of esters is 1. The fourth-order valence-electron chi connectivity index (χ4n) is 1.76. The Morgan fingerprint density at radius 1 is 1.24 bits per heavy atom. The summed E-state index contributed by atoms with van der Waals surface area (Å²) in [5.74, 6) is 0.148. The zero-order chi connectivity index (χ0) is 15.7. The molecule has 1 amide bonds. The minimum Gasteiger partial charge on any atom is -0.483 e. The average Bonchev–Trinajstić information content (AvgIpc) is 2.44. The molecule has 0 aliphatic heterocycles. The van der Waals surface area contributed by atoms with Gasteiger partial charge in [0.2, 0.25) is 0 Å². The van der Waals surface area contributed by atoms with Gasteiger partial charge in [0.1, 0.15) is 5.75 Å². The summed E-state index contributed by atoms with van der Waals surface area (Å²) < 4.78 is 10.5. The molecule has 0 unspecified atom stereocenters. The Morgan fingerprint density at radius 3 is 2.62 bits per heavy atom. The summed E-state index contributed by atoms with van der Waals surface area (Å²) in [7, 11) is 0. The molecule has 0 saturated heterocycles. The summed E-state index contributed by atoms with van der Waals surface area (Å²) >= 11 is 0. The molecule has 5 nitrogen and oxygen atoms in total. The Kier molecular flexibility index (Phi) is 7.29. The van der Waals surface area contributed by atoms with Crippen LogP contribution in [-0.4, -0.2) is 31.1 Å². The van der Waals surface area contributed by atoms with Crippen molar-refractivity contribution in [1.82, 2.24) is 5.32 Å². The van der Waals surface area contributed by atoms with Crippen molar-refractivity contribution in [2.24, 2.45) is 0 Å². The minimum absolute atomic E-state index is 0.0593. The van der Waals surface area contributed by atoms with Crippen molar-refractivity contribution in [2.75, 3.05) is 13.2 Å². The van der Waals surface area contributed by atoms with Gasteiger partial charge in [-0.15, -0.1) is 0 Å². The highest BCUT2D eigenvalue weighted by atomic mass is 16.5. The van der Waals surface area contributed by atoms with Gasteiger partial charge in [0.15, 0.2) is 6.61 Å². The van der Waals surface area contributed by atoms with E-state index in [1.165, 1.54) is 0 Å². The normalized spacial score (nSPS) is 10.3. The van der Waals surface area contributed by atoms with Gasteiger partial charge in [-0.2, -0.15) is 0 Å². The molecule has 0 bridgehead atoms. The topological polar surface area (TPSA) is 64.6 Å². The average molecular weight is 293 g/mol. The van der Waals surface area contributed by atoms with E-state index in [2.05, 4.69) is 5.32 Å². The number of rotatable bonds is 8. The lowest BCUT2D eigenvalue weighted by molar-refractivity contribution is -0.147. The lowest BCUT2D eigenvalue weighted by Crippen LogP contribution is -2.31. The maximum absolute atomic E-state index is 11.6. The number of hydrogen-bond acceptors (Lipinski definition) is 4. The van der Waals surface area contributed by atoms with E-state index in [0.29, 0.717) is 0 Å². The molecule has 1 aromatic carbocycles. The number of amides is 1. The van der Waals surface area contributed by atoms with Crippen LogP contribution in [0, 0.1) is 0 Å². The second-order valence-electron chi connectivity index (χ2n) is 4.89. The van der Waals surface area contributed by atoms with Crippen molar-refractivity contribution < 1.29 is 19.1 Å². The monoisotopic (exact) mass is 293 g/mol. The SMILES string of the molecule is CCc1ccccc1OCC(=O)NCCC(=O)OC(C)C. The van der Waals surface area contributed by atoms with Gasteiger partial charge in [0, 0.05) is 6.54 Å². The number of aryl methyl sites for hydroxylation is 1. The maximum Gasteiger partial charge on any atom is 0.307 e. The van der Waals surface area contributed by atoms with Gasteiger partial charge < -0.3 is 14.8 Å². The van der Waals surface area contributed by atoms with Crippen LogP contribution in [0.4, 0.5) is 0 Å². The molecule has 1 aromatic rings. The van der Waals surface area contributed by atoms with Crippen molar-refractivity contribution >= 4 is 11.9 Å².